The summed E-state index contributed by atoms with van der Waals surface area (Å²) in [5, 5.41) is 12.3. The average Bonchev–Trinajstić information content (AvgIpc) is 3.21. The van der Waals surface area contributed by atoms with Gasteiger partial charge in [0.25, 0.3) is 0 Å². The van der Waals surface area contributed by atoms with Crippen LogP contribution in [0.15, 0.2) is 52.5 Å². The number of benzene rings is 2. The number of aryl methyl sites for hydroxylation is 1. The van der Waals surface area contributed by atoms with Gasteiger partial charge in [0, 0.05) is 25.4 Å². The van der Waals surface area contributed by atoms with Crippen molar-refractivity contribution < 1.29 is 13.2 Å². The molecule has 1 aromatic heterocycles. The molecule has 4 rings (SSSR count). The number of piperidine rings is 1. The molecule has 0 unspecified atom stereocenters. The summed E-state index contributed by atoms with van der Waals surface area (Å²) in [6.45, 7) is 2.94. The SMILES string of the molecule is Cc1nc(SCCNC(=O)[C@@H]2CCCN(S(=O)(=O)c3ccc4ccccc4c3)C2)n[nH]1. The summed E-state index contributed by atoms with van der Waals surface area (Å²) in [5.41, 5.74) is 0. The van der Waals surface area contributed by atoms with Gasteiger partial charge in [-0.05, 0) is 42.7 Å². The number of hydrogen-bond donors (Lipinski definition) is 2. The van der Waals surface area contributed by atoms with Gasteiger partial charge in [-0.2, -0.15) is 4.31 Å². The van der Waals surface area contributed by atoms with E-state index in [-0.39, 0.29) is 23.3 Å². The van der Waals surface area contributed by atoms with Gasteiger partial charge in [-0.3, -0.25) is 9.89 Å². The van der Waals surface area contributed by atoms with Crippen LogP contribution in [-0.2, 0) is 14.8 Å². The van der Waals surface area contributed by atoms with Gasteiger partial charge in [0.15, 0.2) is 0 Å². The lowest BCUT2D eigenvalue weighted by atomic mass is 9.99. The Balaban J connectivity index is 1.35. The number of hydrogen-bond acceptors (Lipinski definition) is 6. The second-order valence-corrected chi connectivity index (χ2v) is 10.6. The van der Waals surface area contributed by atoms with Crippen molar-refractivity contribution in [2.75, 3.05) is 25.4 Å². The lowest BCUT2D eigenvalue weighted by Crippen LogP contribution is -2.45. The van der Waals surface area contributed by atoms with E-state index in [0.717, 1.165) is 16.6 Å². The van der Waals surface area contributed by atoms with Crippen LogP contribution in [0.5, 0.6) is 0 Å². The predicted molar refractivity (Wildman–Crippen MR) is 120 cm³/mol. The first-order valence-electron chi connectivity index (χ1n) is 10.2. The van der Waals surface area contributed by atoms with Gasteiger partial charge in [-0.25, -0.2) is 13.4 Å². The molecule has 1 atom stereocenters. The second kappa shape index (κ2) is 9.37. The van der Waals surface area contributed by atoms with Crippen LogP contribution in [0.2, 0.25) is 0 Å². The van der Waals surface area contributed by atoms with Crippen molar-refractivity contribution in [1.82, 2.24) is 24.8 Å². The summed E-state index contributed by atoms with van der Waals surface area (Å²) in [6, 6.07) is 12.8. The average molecular weight is 460 g/mol. The molecule has 0 bridgehead atoms. The molecular formula is C21H25N5O3S2. The molecule has 0 spiro atoms. The molecule has 2 heterocycles. The minimum Gasteiger partial charge on any atom is -0.355 e. The standard InChI is InChI=1S/C21H25N5O3S2/c1-15-23-21(25-24-15)30-12-10-22-20(27)18-7-4-11-26(14-18)31(28,29)19-9-8-16-5-2-3-6-17(16)13-19/h2-3,5-6,8-9,13,18H,4,7,10-12,14H2,1H3,(H,22,27)(H,23,24,25)/t18-/m1/s1. The minimum absolute atomic E-state index is 0.106. The van der Waals surface area contributed by atoms with Crippen LogP contribution in [0, 0.1) is 12.8 Å². The molecule has 10 heteroatoms. The van der Waals surface area contributed by atoms with E-state index in [0.29, 0.717) is 36.8 Å². The number of amides is 1. The van der Waals surface area contributed by atoms with E-state index in [1.165, 1.54) is 16.1 Å². The molecule has 1 fully saturated rings. The molecule has 3 aromatic rings. The molecule has 2 N–H and O–H groups in total. The van der Waals surface area contributed by atoms with Gasteiger partial charge in [0.05, 0.1) is 10.8 Å². The van der Waals surface area contributed by atoms with Crippen LogP contribution >= 0.6 is 11.8 Å². The summed E-state index contributed by atoms with van der Waals surface area (Å²) >= 11 is 1.46. The molecule has 1 aliphatic heterocycles. The van der Waals surface area contributed by atoms with E-state index in [1.807, 2.05) is 37.3 Å². The van der Waals surface area contributed by atoms with E-state index in [4.69, 9.17) is 0 Å². The van der Waals surface area contributed by atoms with Crippen LogP contribution in [-0.4, -0.2) is 59.2 Å². The number of nitrogens with one attached hydrogen (secondary N) is 2. The molecule has 0 radical (unpaired) electrons. The van der Waals surface area contributed by atoms with Crippen LogP contribution in [0.4, 0.5) is 0 Å². The van der Waals surface area contributed by atoms with Crippen LogP contribution < -0.4 is 5.32 Å². The molecule has 8 nitrogen and oxygen atoms in total. The first kappa shape index (κ1) is 21.8. The fourth-order valence-electron chi connectivity index (χ4n) is 3.70. The summed E-state index contributed by atoms with van der Waals surface area (Å²) in [5.74, 6) is 0.945. The second-order valence-electron chi connectivity index (χ2n) is 7.55. The number of carbonyl (C=O) groups is 1. The molecule has 0 aliphatic carbocycles. The lowest BCUT2D eigenvalue weighted by molar-refractivity contribution is -0.125. The number of aromatic amines is 1. The van der Waals surface area contributed by atoms with Gasteiger partial charge in [0.2, 0.25) is 21.1 Å². The quantitative estimate of drug-likeness (QED) is 0.415. The first-order valence-corrected chi connectivity index (χ1v) is 12.6. The summed E-state index contributed by atoms with van der Waals surface area (Å²) < 4.78 is 27.8. The topological polar surface area (TPSA) is 108 Å². The third kappa shape index (κ3) is 5.08. The zero-order valence-electron chi connectivity index (χ0n) is 17.2. The third-order valence-electron chi connectivity index (χ3n) is 5.32. The van der Waals surface area contributed by atoms with Crippen molar-refractivity contribution >= 4 is 38.5 Å². The third-order valence-corrected chi connectivity index (χ3v) is 8.03. The Labute approximate surface area is 185 Å². The largest absolute Gasteiger partial charge is 0.355 e. The molecule has 31 heavy (non-hydrogen) atoms. The van der Waals surface area contributed by atoms with Crippen LogP contribution in [0.3, 0.4) is 0 Å². The highest BCUT2D eigenvalue weighted by molar-refractivity contribution is 7.99. The molecule has 1 saturated heterocycles. The van der Waals surface area contributed by atoms with E-state index >= 15 is 0 Å². The monoisotopic (exact) mass is 459 g/mol. The maximum atomic E-state index is 13.2. The Morgan fingerprint density at radius 1 is 1.26 bits per heavy atom. The highest BCUT2D eigenvalue weighted by Gasteiger charge is 2.33. The Morgan fingerprint density at radius 2 is 2.06 bits per heavy atom. The minimum atomic E-state index is -3.65. The predicted octanol–water partition coefficient (Wildman–Crippen LogP) is 2.58. The molecule has 2 aromatic carbocycles. The maximum Gasteiger partial charge on any atom is 0.243 e. The zero-order valence-corrected chi connectivity index (χ0v) is 18.9. The number of sulfonamides is 1. The Bertz CT molecular complexity index is 1180. The van der Waals surface area contributed by atoms with E-state index in [1.54, 1.807) is 12.1 Å². The number of carbonyl (C=O) groups excluding carboxylic acids is 1. The number of fused-ring (bicyclic) bond motifs is 1. The van der Waals surface area contributed by atoms with Gasteiger partial charge in [-0.15, -0.1) is 5.10 Å². The number of aromatic nitrogens is 3. The number of nitrogens with zero attached hydrogens (tertiary/aromatic N) is 3. The van der Waals surface area contributed by atoms with E-state index in [9.17, 15) is 13.2 Å². The fraction of sp³-hybridized carbons (Fsp3) is 0.381. The van der Waals surface area contributed by atoms with Crippen molar-refractivity contribution in [2.45, 2.75) is 29.8 Å². The normalized spacial score (nSPS) is 17.6. The summed E-state index contributed by atoms with van der Waals surface area (Å²) in [7, 11) is -3.65. The van der Waals surface area contributed by atoms with Crippen molar-refractivity contribution in [3.05, 3.63) is 48.3 Å². The van der Waals surface area contributed by atoms with Gasteiger partial charge in [-0.1, -0.05) is 42.1 Å². The van der Waals surface area contributed by atoms with Gasteiger partial charge < -0.3 is 5.32 Å². The van der Waals surface area contributed by atoms with Crippen molar-refractivity contribution in [1.29, 1.82) is 0 Å². The van der Waals surface area contributed by atoms with Crippen molar-refractivity contribution in [3.63, 3.8) is 0 Å². The van der Waals surface area contributed by atoms with Gasteiger partial charge >= 0.3 is 0 Å². The van der Waals surface area contributed by atoms with Crippen molar-refractivity contribution in [3.8, 4) is 0 Å². The van der Waals surface area contributed by atoms with E-state index < -0.39 is 10.0 Å². The number of thioether (sulfide) groups is 1. The highest BCUT2D eigenvalue weighted by Crippen LogP contribution is 2.26. The smallest absolute Gasteiger partial charge is 0.243 e. The highest BCUT2D eigenvalue weighted by atomic mass is 32.2. The Hall–Kier alpha value is -2.43. The molecule has 0 saturated carbocycles. The summed E-state index contributed by atoms with van der Waals surface area (Å²) in [4.78, 5) is 17.1. The Morgan fingerprint density at radius 3 is 2.84 bits per heavy atom. The lowest BCUT2D eigenvalue weighted by Gasteiger charge is -2.31. The van der Waals surface area contributed by atoms with Crippen LogP contribution in [0.25, 0.3) is 10.8 Å². The van der Waals surface area contributed by atoms with Gasteiger partial charge in [0.1, 0.15) is 5.82 Å². The molecule has 1 amide bonds. The fourth-order valence-corrected chi connectivity index (χ4v) is 5.96. The number of rotatable bonds is 7. The molecular weight excluding hydrogens is 434 g/mol. The van der Waals surface area contributed by atoms with E-state index in [2.05, 4.69) is 20.5 Å². The zero-order chi connectivity index (χ0) is 21.8. The maximum absolute atomic E-state index is 13.2. The summed E-state index contributed by atoms with van der Waals surface area (Å²) in [6.07, 6.45) is 1.35. The molecule has 164 valence electrons. The van der Waals surface area contributed by atoms with Crippen LogP contribution in [0.1, 0.15) is 18.7 Å². The first-order chi connectivity index (χ1) is 14.9. The Kier molecular flexibility index (Phi) is 6.59. The van der Waals surface area contributed by atoms with Crippen molar-refractivity contribution in [2.24, 2.45) is 5.92 Å². The molecule has 1 aliphatic rings. The number of H-pyrrole nitrogens is 1.